The molecule has 0 heterocycles. The van der Waals surface area contributed by atoms with Gasteiger partial charge in [0.1, 0.15) is 5.75 Å². The third-order valence-corrected chi connectivity index (χ3v) is 5.29. The lowest BCUT2D eigenvalue weighted by Crippen LogP contribution is -2.41. The van der Waals surface area contributed by atoms with Gasteiger partial charge in [-0.1, -0.05) is 11.6 Å². The van der Waals surface area contributed by atoms with Crippen molar-refractivity contribution in [2.45, 2.75) is 17.9 Å². The number of ether oxygens (including phenoxy) is 1. The normalized spacial score (nSPS) is 12.5. The highest BCUT2D eigenvalue weighted by molar-refractivity contribution is 7.89. The molecule has 2 aromatic carbocycles. The monoisotopic (exact) mass is 422 g/mol. The Hall–Kier alpha value is -2.30. The van der Waals surface area contributed by atoms with Crippen LogP contribution < -0.4 is 14.8 Å². The molecule has 2 N–H and O–H groups in total. The fourth-order valence-corrected chi connectivity index (χ4v) is 3.58. The predicted molar refractivity (Wildman–Crippen MR) is 92.7 cm³/mol. The van der Waals surface area contributed by atoms with E-state index in [-0.39, 0.29) is 15.7 Å². The molecule has 11 heteroatoms. The lowest BCUT2D eigenvalue weighted by molar-refractivity contribution is -0.117. The number of hydrogen-bond acceptors (Lipinski definition) is 4. The zero-order valence-corrected chi connectivity index (χ0v) is 15.6. The van der Waals surface area contributed by atoms with Crippen LogP contribution in [0.2, 0.25) is 5.02 Å². The number of methoxy groups -OCH3 is 1. The molecule has 0 saturated heterocycles. The number of amides is 1. The fraction of sp³-hybridized carbons (Fsp3) is 0.188. The van der Waals surface area contributed by atoms with Gasteiger partial charge in [0, 0.05) is 0 Å². The Kier molecular flexibility index (Phi) is 6.34. The first kappa shape index (κ1) is 21.0. The minimum atomic E-state index is -4.15. The summed E-state index contributed by atoms with van der Waals surface area (Å²) in [6, 6.07) is 3.76. The summed E-state index contributed by atoms with van der Waals surface area (Å²) < 4.78 is 71.4. The first-order valence-corrected chi connectivity index (χ1v) is 9.23. The topological polar surface area (TPSA) is 84.5 Å². The van der Waals surface area contributed by atoms with Crippen LogP contribution in [0.25, 0.3) is 0 Å². The summed E-state index contributed by atoms with van der Waals surface area (Å²) in [4.78, 5) is 11.8. The number of carbonyl (C=O) groups excluding carboxylic acids is 1. The van der Waals surface area contributed by atoms with Crippen molar-refractivity contribution in [3.8, 4) is 5.75 Å². The number of anilines is 1. The Labute approximate surface area is 158 Å². The van der Waals surface area contributed by atoms with Gasteiger partial charge in [-0.3, -0.25) is 4.79 Å². The van der Waals surface area contributed by atoms with Crippen LogP contribution in [0.1, 0.15) is 6.92 Å². The number of carbonyl (C=O) groups is 1. The van der Waals surface area contributed by atoms with E-state index >= 15 is 0 Å². The van der Waals surface area contributed by atoms with Gasteiger partial charge in [-0.25, -0.2) is 21.6 Å². The molecule has 2 aromatic rings. The zero-order chi connectivity index (χ0) is 20.4. The van der Waals surface area contributed by atoms with Crippen molar-refractivity contribution in [2.75, 3.05) is 12.4 Å². The molecule has 2 rings (SSSR count). The van der Waals surface area contributed by atoms with Crippen molar-refractivity contribution >= 4 is 33.2 Å². The van der Waals surface area contributed by atoms with Crippen molar-refractivity contribution in [3.63, 3.8) is 0 Å². The molecule has 146 valence electrons. The van der Waals surface area contributed by atoms with Gasteiger partial charge in [-0.2, -0.15) is 4.72 Å². The molecule has 0 unspecified atom stereocenters. The van der Waals surface area contributed by atoms with Gasteiger partial charge in [-0.15, -0.1) is 0 Å². The van der Waals surface area contributed by atoms with Crippen molar-refractivity contribution in [1.29, 1.82) is 0 Å². The van der Waals surface area contributed by atoms with E-state index in [4.69, 9.17) is 16.3 Å². The number of halogens is 4. The van der Waals surface area contributed by atoms with E-state index in [1.54, 1.807) is 0 Å². The van der Waals surface area contributed by atoms with Gasteiger partial charge in [0.05, 0.1) is 28.8 Å². The maximum atomic E-state index is 13.6. The smallest absolute Gasteiger partial charge is 0.242 e. The summed E-state index contributed by atoms with van der Waals surface area (Å²) in [7, 11) is -2.79. The molecule has 0 aliphatic rings. The van der Waals surface area contributed by atoms with Crippen LogP contribution in [0, 0.1) is 17.5 Å². The maximum Gasteiger partial charge on any atom is 0.242 e. The Morgan fingerprint density at radius 3 is 2.41 bits per heavy atom. The summed E-state index contributed by atoms with van der Waals surface area (Å²) in [6.07, 6.45) is 0. The molecule has 27 heavy (non-hydrogen) atoms. The average Bonchev–Trinajstić information content (AvgIpc) is 2.61. The quantitative estimate of drug-likeness (QED) is 0.701. The van der Waals surface area contributed by atoms with Crippen LogP contribution in [0.15, 0.2) is 35.2 Å². The Morgan fingerprint density at radius 1 is 1.15 bits per heavy atom. The summed E-state index contributed by atoms with van der Waals surface area (Å²) in [5, 5.41) is 2.03. The fourth-order valence-electron chi connectivity index (χ4n) is 2.03. The lowest BCUT2D eigenvalue weighted by Gasteiger charge is -2.15. The Balaban J connectivity index is 2.16. The summed E-state index contributed by atoms with van der Waals surface area (Å²) >= 11 is 5.88. The third kappa shape index (κ3) is 4.71. The van der Waals surface area contributed by atoms with Gasteiger partial charge in [-0.05, 0) is 37.3 Å². The molecular weight excluding hydrogens is 409 g/mol. The second-order valence-electron chi connectivity index (χ2n) is 5.35. The largest absolute Gasteiger partial charge is 0.495 e. The number of benzene rings is 2. The third-order valence-electron chi connectivity index (χ3n) is 3.45. The predicted octanol–water partition coefficient (Wildman–Crippen LogP) is 3.07. The molecule has 0 bridgehead atoms. The second-order valence-corrected chi connectivity index (χ2v) is 7.47. The van der Waals surface area contributed by atoms with Crippen LogP contribution in [0.4, 0.5) is 18.9 Å². The van der Waals surface area contributed by atoms with Crippen LogP contribution >= 0.6 is 11.6 Å². The molecule has 1 atom stereocenters. The van der Waals surface area contributed by atoms with Crippen molar-refractivity contribution in [2.24, 2.45) is 0 Å². The molecule has 0 radical (unpaired) electrons. The summed E-state index contributed by atoms with van der Waals surface area (Å²) in [5.41, 5.74) is -0.627. The molecule has 0 fully saturated rings. The van der Waals surface area contributed by atoms with Gasteiger partial charge in [0.25, 0.3) is 0 Å². The van der Waals surface area contributed by atoms with E-state index in [9.17, 15) is 26.4 Å². The maximum absolute atomic E-state index is 13.6. The van der Waals surface area contributed by atoms with Gasteiger partial charge < -0.3 is 10.1 Å². The van der Waals surface area contributed by atoms with E-state index in [1.807, 2.05) is 5.32 Å². The molecule has 1 amide bonds. The number of rotatable bonds is 6. The highest BCUT2D eigenvalue weighted by Crippen LogP contribution is 2.27. The van der Waals surface area contributed by atoms with E-state index in [1.165, 1.54) is 26.2 Å². The van der Waals surface area contributed by atoms with E-state index in [2.05, 4.69) is 4.72 Å². The van der Waals surface area contributed by atoms with E-state index in [0.29, 0.717) is 6.07 Å². The standard InChI is InChI=1S/C16H14ClF3N2O4S/c1-8(16(23)21-12-5-4-11(18)14(19)15(12)20)22-27(24,25)9-3-6-13(26-2)10(17)7-9/h3-8,22H,1-2H3,(H,21,23)/t8-/m0/s1. The van der Waals surface area contributed by atoms with Crippen LogP contribution in [0.3, 0.4) is 0 Å². The van der Waals surface area contributed by atoms with E-state index < -0.39 is 45.1 Å². The van der Waals surface area contributed by atoms with Crippen LogP contribution in [0.5, 0.6) is 5.75 Å². The SMILES string of the molecule is COc1ccc(S(=O)(=O)N[C@@H](C)C(=O)Nc2ccc(F)c(F)c2F)cc1Cl. The summed E-state index contributed by atoms with van der Waals surface area (Å²) in [5.74, 6) is -5.50. The molecule has 6 nitrogen and oxygen atoms in total. The van der Waals surface area contributed by atoms with E-state index in [0.717, 1.165) is 12.1 Å². The lowest BCUT2D eigenvalue weighted by atomic mass is 10.2. The first-order valence-electron chi connectivity index (χ1n) is 7.37. The minimum absolute atomic E-state index is 0.0429. The average molecular weight is 423 g/mol. The first-order chi connectivity index (χ1) is 12.6. The van der Waals surface area contributed by atoms with Crippen molar-refractivity contribution < 1.29 is 31.1 Å². The van der Waals surface area contributed by atoms with Gasteiger partial charge in [0.15, 0.2) is 17.5 Å². The Morgan fingerprint density at radius 2 is 1.81 bits per heavy atom. The molecule has 0 saturated carbocycles. The number of hydrogen-bond donors (Lipinski definition) is 2. The zero-order valence-electron chi connectivity index (χ0n) is 14.0. The molecule has 0 aliphatic carbocycles. The molecular formula is C16H14ClF3N2O4S. The summed E-state index contributed by atoms with van der Waals surface area (Å²) in [6.45, 7) is 1.19. The number of sulfonamides is 1. The van der Waals surface area contributed by atoms with Gasteiger partial charge >= 0.3 is 0 Å². The Bertz CT molecular complexity index is 986. The molecule has 0 aliphatic heterocycles. The molecule has 0 spiro atoms. The van der Waals surface area contributed by atoms with Crippen molar-refractivity contribution in [1.82, 2.24) is 4.72 Å². The van der Waals surface area contributed by atoms with Crippen LogP contribution in [-0.4, -0.2) is 27.5 Å². The number of nitrogens with one attached hydrogen (secondary N) is 2. The van der Waals surface area contributed by atoms with Gasteiger partial charge in [0.2, 0.25) is 15.9 Å². The van der Waals surface area contributed by atoms with Crippen molar-refractivity contribution in [3.05, 3.63) is 52.8 Å². The van der Waals surface area contributed by atoms with Crippen LogP contribution in [-0.2, 0) is 14.8 Å². The molecule has 0 aromatic heterocycles. The minimum Gasteiger partial charge on any atom is -0.495 e. The highest BCUT2D eigenvalue weighted by atomic mass is 35.5. The second kappa shape index (κ2) is 8.15. The highest BCUT2D eigenvalue weighted by Gasteiger charge is 2.24.